The lowest BCUT2D eigenvalue weighted by atomic mass is 9.99. The molecule has 0 aromatic rings. The summed E-state index contributed by atoms with van der Waals surface area (Å²) in [5, 5.41) is 51.6. The molecule has 0 bridgehead atoms. The number of hydrogen-bond acceptors (Lipinski definition) is 11. The Morgan fingerprint density at radius 1 is 0.862 bits per heavy atom. The average molecular weight is 426 g/mol. The van der Waals surface area contributed by atoms with Crippen molar-refractivity contribution in [1.82, 2.24) is 0 Å². The van der Waals surface area contributed by atoms with Crippen molar-refractivity contribution in [2.75, 3.05) is 40.1 Å². The zero-order valence-electron chi connectivity index (χ0n) is 17.0. The second kappa shape index (κ2) is 11.3. The second-order valence-electron chi connectivity index (χ2n) is 7.20. The van der Waals surface area contributed by atoms with Gasteiger partial charge in [0.1, 0.15) is 49.3 Å². The summed E-state index contributed by atoms with van der Waals surface area (Å²) >= 11 is 0. The summed E-state index contributed by atoms with van der Waals surface area (Å²) in [7, 11) is 1.39. The second-order valence-corrected chi connectivity index (χ2v) is 7.20. The van der Waals surface area contributed by atoms with Crippen molar-refractivity contribution in [3.63, 3.8) is 0 Å². The van der Waals surface area contributed by atoms with Crippen LogP contribution in [0.1, 0.15) is 20.3 Å². The molecule has 5 N–H and O–H groups in total. The molecule has 11 heteroatoms. The molecule has 0 aliphatic carbocycles. The van der Waals surface area contributed by atoms with E-state index in [2.05, 4.69) is 0 Å². The van der Waals surface area contributed by atoms with Crippen LogP contribution < -0.4 is 0 Å². The summed E-state index contributed by atoms with van der Waals surface area (Å²) in [4.78, 5) is 0. The lowest BCUT2D eigenvalue weighted by molar-refractivity contribution is -0.385. The molecule has 9 unspecified atom stereocenters. The summed E-state index contributed by atoms with van der Waals surface area (Å²) in [5.74, 6) is -1.87. The van der Waals surface area contributed by atoms with Crippen LogP contribution in [0.5, 0.6) is 0 Å². The van der Waals surface area contributed by atoms with Gasteiger partial charge in [0.15, 0.2) is 6.29 Å². The van der Waals surface area contributed by atoms with Gasteiger partial charge in [0.25, 0.3) is 0 Å². The third-order valence-corrected chi connectivity index (χ3v) is 4.96. The quantitative estimate of drug-likeness (QED) is 0.227. The van der Waals surface area contributed by atoms with Gasteiger partial charge >= 0.3 is 0 Å². The van der Waals surface area contributed by atoms with E-state index in [1.165, 1.54) is 7.11 Å². The highest BCUT2D eigenvalue weighted by Gasteiger charge is 2.58. The number of rotatable bonds is 11. The molecule has 0 radical (unpaired) electrons. The molecular formula is C18H34O11. The smallest absolute Gasteiger partial charge is 0.224 e. The Bertz CT molecular complexity index is 481. The van der Waals surface area contributed by atoms with E-state index >= 15 is 0 Å². The molecule has 172 valence electrons. The van der Waals surface area contributed by atoms with E-state index < -0.39 is 54.8 Å². The van der Waals surface area contributed by atoms with Crippen LogP contribution in [-0.4, -0.2) is 120 Å². The van der Waals surface area contributed by atoms with E-state index in [-0.39, 0.29) is 26.4 Å². The Morgan fingerprint density at radius 3 is 2.21 bits per heavy atom. The van der Waals surface area contributed by atoms with Crippen LogP contribution in [0.4, 0.5) is 0 Å². The topological polar surface area (TPSA) is 157 Å². The highest BCUT2D eigenvalue weighted by atomic mass is 16.8. The summed E-state index contributed by atoms with van der Waals surface area (Å²) < 4.78 is 32.8. The molecule has 0 aromatic carbocycles. The number of hydrogen-bond donors (Lipinski definition) is 5. The van der Waals surface area contributed by atoms with Crippen LogP contribution in [0.15, 0.2) is 0 Å². The molecule has 2 aliphatic rings. The van der Waals surface area contributed by atoms with E-state index in [1.807, 2.05) is 6.92 Å². The third kappa shape index (κ3) is 5.63. The SMILES string of the molecule is CCCOCC1OC(COCC)(OC2OC(COC)C(O)C(O)C2O)C(O)C1O. The number of aliphatic hydroxyl groups is 5. The molecule has 2 fully saturated rings. The van der Waals surface area contributed by atoms with Crippen LogP contribution >= 0.6 is 0 Å². The van der Waals surface area contributed by atoms with Gasteiger partial charge in [-0.3, -0.25) is 0 Å². The summed E-state index contributed by atoms with van der Waals surface area (Å²) in [6, 6.07) is 0. The van der Waals surface area contributed by atoms with Gasteiger partial charge in [0.2, 0.25) is 5.79 Å². The molecular weight excluding hydrogens is 392 g/mol. The molecule has 2 aliphatic heterocycles. The van der Waals surface area contributed by atoms with Crippen molar-refractivity contribution in [3.8, 4) is 0 Å². The van der Waals surface area contributed by atoms with Gasteiger partial charge in [0.05, 0.1) is 13.2 Å². The van der Waals surface area contributed by atoms with E-state index in [9.17, 15) is 25.5 Å². The van der Waals surface area contributed by atoms with Crippen LogP contribution in [0.25, 0.3) is 0 Å². The van der Waals surface area contributed by atoms with Crippen molar-refractivity contribution in [2.24, 2.45) is 0 Å². The van der Waals surface area contributed by atoms with E-state index in [1.54, 1.807) is 6.92 Å². The molecule has 0 amide bonds. The molecule has 0 saturated carbocycles. The maximum atomic E-state index is 10.7. The van der Waals surface area contributed by atoms with Crippen molar-refractivity contribution < 1.29 is 54.0 Å². The Morgan fingerprint density at radius 2 is 1.59 bits per heavy atom. The number of ether oxygens (including phenoxy) is 6. The van der Waals surface area contributed by atoms with Gasteiger partial charge in [-0.1, -0.05) is 6.92 Å². The van der Waals surface area contributed by atoms with Gasteiger partial charge in [-0.15, -0.1) is 0 Å². The third-order valence-electron chi connectivity index (χ3n) is 4.96. The largest absolute Gasteiger partial charge is 0.387 e. The van der Waals surface area contributed by atoms with Crippen molar-refractivity contribution in [1.29, 1.82) is 0 Å². The van der Waals surface area contributed by atoms with Crippen LogP contribution in [0.3, 0.4) is 0 Å². The first kappa shape index (κ1) is 24.8. The van der Waals surface area contributed by atoms with E-state index in [4.69, 9.17) is 28.4 Å². The molecule has 2 rings (SSSR count). The minimum atomic E-state index is -1.87. The summed E-state index contributed by atoms with van der Waals surface area (Å²) in [5.41, 5.74) is 0. The summed E-state index contributed by atoms with van der Waals surface area (Å²) in [6.07, 6.45) is -10.1. The van der Waals surface area contributed by atoms with Gasteiger partial charge < -0.3 is 54.0 Å². The first-order chi connectivity index (χ1) is 13.8. The summed E-state index contributed by atoms with van der Waals surface area (Å²) in [6.45, 7) is 4.07. The van der Waals surface area contributed by atoms with Gasteiger partial charge in [0, 0.05) is 20.3 Å². The molecule has 9 atom stereocenters. The standard InChI is InChI=1S/C18H34O11/c1-4-6-26-8-11-13(20)16(23)18(28-11,9-25-5-2)29-17-15(22)14(21)12(19)10(27-17)7-24-3/h10-17,19-23H,4-9H2,1-3H3. The monoisotopic (exact) mass is 426 g/mol. The van der Waals surface area contributed by atoms with Crippen molar-refractivity contribution in [3.05, 3.63) is 0 Å². The first-order valence-electron chi connectivity index (χ1n) is 9.87. The number of methoxy groups -OCH3 is 1. The zero-order valence-corrected chi connectivity index (χ0v) is 17.0. The zero-order chi connectivity index (χ0) is 21.6. The normalized spacial score (nSPS) is 43.0. The Labute approximate surface area is 170 Å². The minimum Gasteiger partial charge on any atom is -0.387 e. The average Bonchev–Trinajstić information content (AvgIpc) is 2.94. The molecule has 11 nitrogen and oxygen atoms in total. The molecule has 2 heterocycles. The predicted octanol–water partition coefficient (Wildman–Crippen LogP) is -2.26. The Balaban J connectivity index is 2.18. The van der Waals surface area contributed by atoms with Gasteiger partial charge in [-0.2, -0.15) is 0 Å². The molecule has 0 aromatic heterocycles. The van der Waals surface area contributed by atoms with Gasteiger partial charge in [-0.25, -0.2) is 0 Å². The van der Waals surface area contributed by atoms with Crippen molar-refractivity contribution in [2.45, 2.75) is 75.1 Å². The van der Waals surface area contributed by atoms with E-state index in [0.717, 1.165) is 6.42 Å². The molecule has 0 spiro atoms. The van der Waals surface area contributed by atoms with Crippen LogP contribution in [0.2, 0.25) is 0 Å². The fraction of sp³-hybridized carbons (Fsp3) is 1.00. The maximum absolute atomic E-state index is 10.7. The fourth-order valence-electron chi connectivity index (χ4n) is 3.34. The lowest BCUT2D eigenvalue weighted by Gasteiger charge is -2.43. The van der Waals surface area contributed by atoms with Crippen LogP contribution in [-0.2, 0) is 28.4 Å². The lowest BCUT2D eigenvalue weighted by Crippen LogP contribution is -2.63. The maximum Gasteiger partial charge on any atom is 0.224 e. The Kier molecular flexibility index (Phi) is 9.64. The molecule has 29 heavy (non-hydrogen) atoms. The fourth-order valence-corrected chi connectivity index (χ4v) is 3.34. The Hall–Kier alpha value is -0.440. The highest BCUT2D eigenvalue weighted by Crippen LogP contribution is 2.36. The molecule has 2 saturated heterocycles. The van der Waals surface area contributed by atoms with E-state index in [0.29, 0.717) is 6.61 Å². The first-order valence-corrected chi connectivity index (χ1v) is 9.87. The van der Waals surface area contributed by atoms with Crippen LogP contribution in [0, 0.1) is 0 Å². The minimum absolute atomic E-state index is 0.0189. The van der Waals surface area contributed by atoms with Crippen molar-refractivity contribution >= 4 is 0 Å². The van der Waals surface area contributed by atoms with Gasteiger partial charge in [-0.05, 0) is 13.3 Å². The highest BCUT2D eigenvalue weighted by molar-refractivity contribution is 4.99. The predicted molar refractivity (Wildman–Crippen MR) is 96.9 cm³/mol. The number of aliphatic hydroxyl groups excluding tert-OH is 5.